The molecule has 1 aliphatic rings. The van der Waals surface area contributed by atoms with Crippen LogP contribution in [0, 0.1) is 13.0 Å². The molecule has 0 amide bonds. The largest absolute Gasteiger partial charge is 0.299 e. The lowest BCUT2D eigenvalue weighted by Crippen LogP contribution is -2.31. The van der Waals surface area contributed by atoms with Crippen molar-refractivity contribution in [3.8, 4) is 0 Å². The second-order valence-electron chi connectivity index (χ2n) is 6.10. The van der Waals surface area contributed by atoms with E-state index in [1.165, 1.54) is 55.5 Å². The predicted octanol–water partition coefficient (Wildman–Crippen LogP) is 4.18. The Balaban J connectivity index is 1.44. The van der Waals surface area contributed by atoms with Crippen molar-refractivity contribution < 1.29 is 0 Å². The fourth-order valence-corrected chi connectivity index (χ4v) is 3.21. The Morgan fingerprint density at radius 2 is 1.95 bits per heavy atom. The lowest BCUT2D eigenvalue weighted by molar-refractivity contribution is 0.249. The third kappa shape index (κ3) is 3.74. The number of fused-ring (bicyclic) bond motifs is 1. The van der Waals surface area contributed by atoms with Crippen LogP contribution in [0.25, 0.3) is 0 Å². The molecule has 21 heavy (non-hydrogen) atoms. The van der Waals surface area contributed by atoms with Crippen molar-refractivity contribution in [2.75, 3.05) is 13.1 Å². The lowest BCUT2D eigenvalue weighted by atomic mass is 9.99. The van der Waals surface area contributed by atoms with Crippen molar-refractivity contribution in [3.63, 3.8) is 0 Å². The standard InChI is InChI=1S/C20H24N/c1-17-8-2-3-9-18(17)10-6-7-14-21-15-13-19-11-4-5-12-20(19)16-21/h2,4-5,8-9,11-12H,6-7,10,13-16H2,1H3. The van der Waals surface area contributed by atoms with Crippen LogP contribution in [0.2, 0.25) is 0 Å². The molecule has 3 rings (SSSR count). The third-order valence-electron chi connectivity index (χ3n) is 4.57. The summed E-state index contributed by atoms with van der Waals surface area (Å²) in [5.41, 5.74) is 5.93. The first kappa shape index (κ1) is 14.3. The van der Waals surface area contributed by atoms with Gasteiger partial charge in [-0.15, -0.1) is 0 Å². The topological polar surface area (TPSA) is 3.24 Å². The van der Waals surface area contributed by atoms with Gasteiger partial charge < -0.3 is 0 Å². The van der Waals surface area contributed by atoms with Gasteiger partial charge in [-0.2, -0.15) is 0 Å². The normalized spacial score (nSPS) is 14.9. The van der Waals surface area contributed by atoms with Crippen molar-refractivity contribution in [2.24, 2.45) is 0 Å². The van der Waals surface area contributed by atoms with Gasteiger partial charge in [0.2, 0.25) is 0 Å². The van der Waals surface area contributed by atoms with Crippen molar-refractivity contribution in [1.29, 1.82) is 0 Å². The van der Waals surface area contributed by atoms with E-state index >= 15 is 0 Å². The van der Waals surface area contributed by atoms with Crippen molar-refractivity contribution in [1.82, 2.24) is 4.90 Å². The Morgan fingerprint density at radius 1 is 1.10 bits per heavy atom. The number of hydrogen-bond acceptors (Lipinski definition) is 1. The molecule has 1 heterocycles. The molecule has 0 saturated carbocycles. The highest BCUT2D eigenvalue weighted by Gasteiger charge is 2.14. The van der Waals surface area contributed by atoms with Gasteiger partial charge >= 0.3 is 0 Å². The smallest absolute Gasteiger partial charge is 0.0236 e. The van der Waals surface area contributed by atoms with Crippen LogP contribution in [0.1, 0.15) is 35.1 Å². The number of hydrogen-bond donors (Lipinski definition) is 0. The zero-order chi connectivity index (χ0) is 14.5. The molecule has 1 radical (unpaired) electrons. The maximum absolute atomic E-state index is 3.19. The van der Waals surface area contributed by atoms with Gasteiger partial charge in [0.15, 0.2) is 0 Å². The van der Waals surface area contributed by atoms with Crippen molar-refractivity contribution in [3.05, 3.63) is 70.8 Å². The summed E-state index contributed by atoms with van der Waals surface area (Å²) in [7, 11) is 0. The Kier molecular flexibility index (Phi) is 4.72. The van der Waals surface area contributed by atoms with Crippen LogP contribution in [-0.2, 0) is 19.4 Å². The quantitative estimate of drug-likeness (QED) is 0.742. The van der Waals surface area contributed by atoms with E-state index in [-0.39, 0.29) is 0 Å². The van der Waals surface area contributed by atoms with Gasteiger partial charge in [-0.1, -0.05) is 42.5 Å². The Bertz CT molecular complexity index is 588. The van der Waals surface area contributed by atoms with Crippen LogP contribution in [0.15, 0.2) is 42.5 Å². The summed E-state index contributed by atoms with van der Waals surface area (Å²) in [5, 5.41) is 0. The van der Waals surface area contributed by atoms with Gasteiger partial charge in [0, 0.05) is 13.1 Å². The van der Waals surface area contributed by atoms with E-state index in [2.05, 4.69) is 54.3 Å². The molecule has 0 bridgehead atoms. The zero-order valence-electron chi connectivity index (χ0n) is 12.9. The van der Waals surface area contributed by atoms with Gasteiger partial charge in [-0.3, -0.25) is 4.90 Å². The molecule has 1 heteroatoms. The third-order valence-corrected chi connectivity index (χ3v) is 4.57. The summed E-state index contributed by atoms with van der Waals surface area (Å²) in [6.07, 6.45) is 4.96. The first-order chi connectivity index (χ1) is 10.3. The van der Waals surface area contributed by atoms with Gasteiger partial charge in [-0.25, -0.2) is 0 Å². The summed E-state index contributed by atoms with van der Waals surface area (Å²) in [6, 6.07) is 18.4. The first-order valence-corrected chi connectivity index (χ1v) is 8.07. The minimum Gasteiger partial charge on any atom is -0.299 e. The Hall–Kier alpha value is -1.60. The summed E-state index contributed by atoms with van der Waals surface area (Å²) < 4.78 is 0. The lowest BCUT2D eigenvalue weighted by Gasteiger charge is -2.28. The molecule has 0 spiro atoms. The van der Waals surface area contributed by atoms with Crippen LogP contribution in [-0.4, -0.2) is 18.0 Å². The van der Waals surface area contributed by atoms with E-state index in [0.717, 1.165) is 6.54 Å². The Labute approximate surface area is 128 Å². The molecule has 0 aliphatic carbocycles. The van der Waals surface area contributed by atoms with Crippen molar-refractivity contribution >= 4 is 0 Å². The summed E-state index contributed by atoms with van der Waals surface area (Å²) >= 11 is 0. The minimum absolute atomic E-state index is 1.13. The van der Waals surface area contributed by atoms with Gasteiger partial charge in [0.1, 0.15) is 0 Å². The van der Waals surface area contributed by atoms with E-state index in [9.17, 15) is 0 Å². The van der Waals surface area contributed by atoms with E-state index in [1.807, 2.05) is 6.07 Å². The number of nitrogens with zero attached hydrogens (tertiary/aromatic N) is 1. The maximum Gasteiger partial charge on any atom is 0.0236 e. The molecule has 2 aromatic carbocycles. The molecule has 0 aromatic heterocycles. The van der Waals surface area contributed by atoms with Crippen LogP contribution in [0.4, 0.5) is 0 Å². The highest BCUT2D eigenvalue weighted by Crippen LogP contribution is 2.19. The summed E-state index contributed by atoms with van der Waals surface area (Å²) in [6.45, 7) is 5.78. The molecule has 0 saturated heterocycles. The van der Waals surface area contributed by atoms with E-state index < -0.39 is 0 Å². The number of benzene rings is 2. The fourth-order valence-electron chi connectivity index (χ4n) is 3.21. The molecule has 1 aliphatic heterocycles. The molecule has 0 N–H and O–H groups in total. The second kappa shape index (κ2) is 6.91. The summed E-state index contributed by atoms with van der Waals surface area (Å²) in [4.78, 5) is 2.60. The zero-order valence-corrected chi connectivity index (χ0v) is 12.9. The van der Waals surface area contributed by atoms with E-state index in [0.29, 0.717) is 0 Å². The van der Waals surface area contributed by atoms with Crippen molar-refractivity contribution in [2.45, 2.75) is 39.2 Å². The van der Waals surface area contributed by atoms with Crippen LogP contribution in [0.3, 0.4) is 0 Å². The average Bonchev–Trinajstić information content (AvgIpc) is 2.53. The van der Waals surface area contributed by atoms with Gasteiger partial charge in [0.05, 0.1) is 0 Å². The second-order valence-corrected chi connectivity index (χ2v) is 6.10. The van der Waals surface area contributed by atoms with Crippen LogP contribution < -0.4 is 0 Å². The Morgan fingerprint density at radius 3 is 2.81 bits per heavy atom. The van der Waals surface area contributed by atoms with E-state index in [1.54, 1.807) is 5.56 Å². The molecule has 0 fully saturated rings. The number of aryl methyl sites for hydroxylation is 2. The average molecular weight is 278 g/mol. The fraction of sp³-hybridized carbons (Fsp3) is 0.400. The van der Waals surface area contributed by atoms with Crippen LogP contribution in [0.5, 0.6) is 0 Å². The molecule has 109 valence electrons. The first-order valence-electron chi connectivity index (χ1n) is 8.07. The highest BCUT2D eigenvalue weighted by molar-refractivity contribution is 5.29. The van der Waals surface area contributed by atoms with Crippen LogP contribution >= 0.6 is 0 Å². The molecular weight excluding hydrogens is 254 g/mol. The van der Waals surface area contributed by atoms with Gasteiger partial charge in [-0.05, 0) is 67.5 Å². The maximum atomic E-state index is 3.19. The SMILES string of the molecule is Cc1cc[c]cc1CCCCN1CCc2ccccc2C1. The molecule has 1 nitrogen and oxygen atoms in total. The molecule has 0 atom stereocenters. The monoisotopic (exact) mass is 278 g/mol. The minimum atomic E-state index is 1.13. The van der Waals surface area contributed by atoms with E-state index in [4.69, 9.17) is 0 Å². The van der Waals surface area contributed by atoms with Gasteiger partial charge in [0.25, 0.3) is 0 Å². The molecule has 0 unspecified atom stereocenters. The highest BCUT2D eigenvalue weighted by atomic mass is 15.1. The number of unbranched alkanes of at least 4 members (excludes halogenated alkanes) is 1. The molecule has 2 aromatic rings. The predicted molar refractivity (Wildman–Crippen MR) is 88.4 cm³/mol. The molecular formula is C20H24N. The number of rotatable bonds is 5. The summed E-state index contributed by atoms with van der Waals surface area (Å²) in [5.74, 6) is 0.